The Labute approximate surface area is 138 Å². The molecular weight excluding hydrogens is 288 g/mol. The van der Waals surface area contributed by atoms with Gasteiger partial charge in [-0.1, -0.05) is 32.0 Å². The molecule has 0 atom stereocenters. The van der Waals surface area contributed by atoms with Crippen molar-refractivity contribution >= 4 is 17.6 Å². The lowest BCUT2D eigenvalue weighted by molar-refractivity contribution is -0.121. The van der Waals surface area contributed by atoms with Crippen LogP contribution in [-0.2, 0) is 17.6 Å². The first kappa shape index (κ1) is 17.3. The lowest BCUT2D eigenvalue weighted by atomic mass is 10.0. The number of benzene rings is 1. The number of carbonyl (C=O) groups is 1. The fourth-order valence-electron chi connectivity index (χ4n) is 2.54. The van der Waals surface area contributed by atoms with Crippen LogP contribution in [-0.4, -0.2) is 24.5 Å². The minimum absolute atomic E-state index is 0.124. The lowest BCUT2D eigenvalue weighted by Gasteiger charge is -2.14. The fraction of sp³-hybridized carbons (Fsp3) is 0.556. The third-order valence-electron chi connectivity index (χ3n) is 4.04. The van der Waals surface area contributed by atoms with Crippen molar-refractivity contribution in [3.8, 4) is 0 Å². The second-order valence-electron chi connectivity index (χ2n) is 6.00. The summed E-state index contributed by atoms with van der Waals surface area (Å²) in [4.78, 5) is 15.9. The van der Waals surface area contributed by atoms with Crippen LogP contribution >= 0.6 is 0 Å². The van der Waals surface area contributed by atoms with Gasteiger partial charge in [0.15, 0.2) is 5.96 Å². The van der Waals surface area contributed by atoms with E-state index in [0.29, 0.717) is 25.0 Å². The van der Waals surface area contributed by atoms with Gasteiger partial charge in [-0.2, -0.15) is 0 Å². The predicted octanol–water partition coefficient (Wildman–Crippen LogP) is 2.60. The van der Waals surface area contributed by atoms with Crippen molar-refractivity contribution in [2.45, 2.75) is 58.4 Å². The molecule has 1 fully saturated rings. The van der Waals surface area contributed by atoms with Crippen molar-refractivity contribution in [1.29, 1.82) is 0 Å². The second kappa shape index (κ2) is 8.56. The van der Waals surface area contributed by atoms with Crippen molar-refractivity contribution in [3.63, 3.8) is 0 Å². The van der Waals surface area contributed by atoms with E-state index in [9.17, 15) is 4.79 Å². The molecule has 126 valence electrons. The third kappa shape index (κ3) is 5.58. The van der Waals surface area contributed by atoms with Crippen LogP contribution in [0.25, 0.3) is 0 Å². The Hall–Kier alpha value is -2.04. The summed E-state index contributed by atoms with van der Waals surface area (Å²) in [5.41, 5.74) is 9.56. The summed E-state index contributed by atoms with van der Waals surface area (Å²) in [6.07, 6.45) is 5.38. The molecule has 1 aromatic rings. The summed E-state index contributed by atoms with van der Waals surface area (Å²) in [5, 5.41) is 6.22. The van der Waals surface area contributed by atoms with Crippen LogP contribution in [0.2, 0.25) is 0 Å². The normalized spacial score (nSPS) is 14.6. The molecule has 1 aliphatic carbocycles. The lowest BCUT2D eigenvalue weighted by Crippen LogP contribution is -2.26. The summed E-state index contributed by atoms with van der Waals surface area (Å²) in [6.45, 7) is 4.82. The molecule has 2 rings (SSSR count). The number of nitrogens with two attached hydrogens (primary N) is 1. The SMILES string of the molecule is CCc1cccc(CC)c1NC(N)=NCCCC(=O)NC1CC1. The summed E-state index contributed by atoms with van der Waals surface area (Å²) in [5.74, 6) is 0.544. The van der Waals surface area contributed by atoms with Crippen LogP contribution in [0.15, 0.2) is 23.2 Å². The smallest absolute Gasteiger partial charge is 0.220 e. The van der Waals surface area contributed by atoms with Crippen molar-refractivity contribution in [3.05, 3.63) is 29.3 Å². The van der Waals surface area contributed by atoms with E-state index in [4.69, 9.17) is 5.73 Å². The highest BCUT2D eigenvalue weighted by Crippen LogP contribution is 2.22. The standard InChI is InChI=1S/C18H28N4O/c1-3-13-7-5-8-14(4-2)17(13)22-18(19)20-12-6-9-16(23)21-15-10-11-15/h5,7-8,15H,3-4,6,9-12H2,1-2H3,(H,21,23)(H3,19,20,22). The molecule has 0 unspecified atom stereocenters. The molecule has 5 heteroatoms. The highest BCUT2D eigenvalue weighted by molar-refractivity contribution is 5.93. The van der Waals surface area contributed by atoms with Gasteiger partial charge in [0.1, 0.15) is 0 Å². The zero-order valence-corrected chi connectivity index (χ0v) is 14.2. The number of amides is 1. The number of aryl methyl sites for hydroxylation is 2. The number of carbonyl (C=O) groups excluding carboxylic acids is 1. The van der Waals surface area contributed by atoms with E-state index in [1.807, 2.05) is 0 Å². The first-order valence-electron chi connectivity index (χ1n) is 8.61. The van der Waals surface area contributed by atoms with Gasteiger partial charge in [0.25, 0.3) is 0 Å². The molecule has 5 nitrogen and oxygen atoms in total. The number of nitrogens with zero attached hydrogens (tertiary/aromatic N) is 1. The molecule has 1 aromatic carbocycles. The minimum Gasteiger partial charge on any atom is -0.370 e. The first-order valence-corrected chi connectivity index (χ1v) is 8.61. The van der Waals surface area contributed by atoms with Crippen molar-refractivity contribution in [2.24, 2.45) is 10.7 Å². The van der Waals surface area contributed by atoms with Crippen LogP contribution in [0.3, 0.4) is 0 Å². The number of guanidine groups is 1. The van der Waals surface area contributed by atoms with Crippen LogP contribution in [0.4, 0.5) is 5.69 Å². The highest BCUT2D eigenvalue weighted by Gasteiger charge is 2.22. The number of hydrogen-bond donors (Lipinski definition) is 3. The number of para-hydroxylation sites is 1. The number of aliphatic imine (C=N–C) groups is 1. The summed E-state index contributed by atoms with van der Waals surface area (Å²) >= 11 is 0. The van der Waals surface area contributed by atoms with E-state index in [-0.39, 0.29) is 5.91 Å². The Balaban J connectivity index is 1.83. The van der Waals surface area contributed by atoms with Gasteiger partial charge in [-0.15, -0.1) is 0 Å². The van der Waals surface area contributed by atoms with Crippen LogP contribution in [0.5, 0.6) is 0 Å². The molecular formula is C18H28N4O. The summed E-state index contributed by atoms with van der Waals surface area (Å²) < 4.78 is 0. The van der Waals surface area contributed by atoms with E-state index >= 15 is 0 Å². The zero-order valence-electron chi connectivity index (χ0n) is 14.2. The molecule has 0 bridgehead atoms. The molecule has 4 N–H and O–H groups in total. The number of anilines is 1. The summed E-state index contributed by atoms with van der Waals surface area (Å²) in [7, 11) is 0. The van der Waals surface area contributed by atoms with Gasteiger partial charge in [0.05, 0.1) is 0 Å². The number of hydrogen-bond acceptors (Lipinski definition) is 2. The Morgan fingerprint density at radius 2 is 1.91 bits per heavy atom. The quantitative estimate of drug-likeness (QED) is 0.392. The van der Waals surface area contributed by atoms with E-state index in [2.05, 4.69) is 47.7 Å². The Bertz CT molecular complexity index is 542. The van der Waals surface area contributed by atoms with E-state index in [0.717, 1.165) is 37.8 Å². The first-order chi connectivity index (χ1) is 11.1. The predicted molar refractivity (Wildman–Crippen MR) is 95.7 cm³/mol. The Morgan fingerprint density at radius 1 is 1.26 bits per heavy atom. The highest BCUT2D eigenvalue weighted by atomic mass is 16.1. The molecule has 1 aliphatic rings. The molecule has 0 heterocycles. The molecule has 23 heavy (non-hydrogen) atoms. The van der Waals surface area contributed by atoms with Gasteiger partial charge in [-0.25, -0.2) is 0 Å². The fourth-order valence-corrected chi connectivity index (χ4v) is 2.54. The average molecular weight is 316 g/mol. The summed E-state index contributed by atoms with van der Waals surface area (Å²) in [6, 6.07) is 6.72. The second-order valence-corrected chi connectivity index (χ2v) is 6.00. The average Bonchev–Trinajstić information content (AvgIpc) is 3.35. The topological polar surface area (TPSA) is 79.5 Å². The third-order valence-corrected chi connectivity index (χ3v) is 4.04. The van der Waals surface area contributed by atoms with Gasteiger partial charge in [0.2, 0.25) is 5.91 Å². The molecule has 0 saturated heterocycles. The monoisotopic (exact) mass is 316 g/mol. The zero-order chi connectivity index (χ0) is 16.7. The van der Waals surface area contributed by atoms with E-state index < -0.39 is 0 Å². The van der Waals surface area contributed by atoms with Gasteiger partial charge in [0, 0.05) is 24.7 Å². The molecule has 1 saturated carbocycles. The Kier molecular flexibility index (Phi) is 6.44. The molecule has 0 aromatic heterocycles. The molecule has 0 spiro atoms. The number of rotatable bonds is 8. The van der Waals surface area contributed by atoms with Crippen LogP contribution < -0.4 is 16.4 Å². The minimum atomic E-state index is 0.124. The van der Waals surface area contributed by atoms with Crippen LogP contribution in [0, 0.1) is 0 Å². The van der Waals surface area contributed by atoms with Gasteiger partial charge >= 0.3 is 0 Å². The maximum atomic E-state index is 11.6. The van der Waals surface area contributed by atoms with Crippen LogP contribution in [0.1, 0.15) is 50.7 Å². The van der Waals surface area contributed by atoms with Crippen molar-refractivity contribution in [2.75, 3.05) is 11.9 Å². The number of nitrogens with one attached hydrogen (secondary N) is 2. The maximum absolute atomic E-state index is 11.6. The van der Waals surface area contributed by atoms with E-state index in [1.165, 1.54) is 11.1 Å². The van der Waals surface area contributed by atoms with Gasteiger partial charge < -0.3 is 16.4 Å². The van der Waals surface area contributed by atoms with Crippen molar-refractivity contribution < 1.29 is 4.79 Å². The van der Waals surface area contributed by atoms with Crippen molar-refractivity contribution in [1.82, 2.24) is 5.32 Å². The van der Waals surface area contributed by atoms with E-state index in [1.54, 1.807) is 0 Å². The van der Waals surface area contributed by atoms with Gasteiger partial charge in [-0.3, -0.25) is 9.79 Å². The van der Waals surface area contributed by atoms with Gasteiger partial charge in [-0.05, 0) is 43.2 Å². The Morgan fingerprint density at radius 3 is 2.48 bits per heavy atom. The molecule has 0 aliphatic heterocycles. The molecule has 1 amide bonds. The largest absolute Gasteiger partial charge is 0.370 e. The molecule has 0 radical (unpaired) electrons. The maximum Gasteiger partial charge on any atom is 0.220 e.